The van der Waals surface area contributed by atoms with E-state index in [1.54, 1.807) is 0 Å². The van der Waals surface area contributed by atoms with E-state index in [1.807, 2.05) is 6.92 Å². The lowest BCUT2D eigenvalue weighted by molar-refractivity contribution is -0.189. The van der Waals surface area contributed by atoms with Crippen molar-refractivity contribution in [3.8, 4) is 0 Å². The topological polar surface area (TPSA) is 74.6 Å². The molecule has 0 aromatic heterocycles. The van der Waals surface area contributed by atoms with Gasteiger partial charge in [-0.15, -0.1) is 0 Å². The lowest BCUT2D eigenvalue weighted by Crippen LogP contribution is -2.59. The summed E-state index contributed by atoms with van der Waals surface area (Å²) in [6.07, 6.45) is 10.5. The predicted molar refractivity (Wildman–Crippen MR) is 105 cm³/mol. The molecule has 0 spiro atoms. The number of hydrogen-bond acceptors (Lipinski definition) is 2. The first kappa shape index (κ1) is 20.7. The van der Waals surface area contributed by atoms with Crippen molar-refractivity contribution in [1.82, 2.24) is 0 Å². The molecule has 0 aromatic rings. The lowest BCUT2D eigenvalue weighted by Gasteiger charge is -2.61. The smallest absolute Gasteiger partial charge is 0.309 e. The van der Waals surface area contributed by atoms with Crippen LogP contribution >= 0.6 is 0 Å². The van der Waals surface area contributed by atoms with Crippen LogP contribution in [0.15, 0.2) is 0 Å². The van der Waals surface area contributed by atoms with Crippen molar-refractivity contribution in [3.63, 3.8) is 0 Å². The Kier molecular flexibility index (Phi) is 5.93. The van der Waals surface area contributed by atoms with Crippen LogP contribution in [0.3, 0.4) is 0 Å². The fourth-order valence-corrected chi connectivity index (χ4v) is 7.07. The minimum atomic E-state index is -0.796. The fourth-order valence-electron chi connectivity index (χ4n) is 7.07. The predicted octanol–water partition coefficient (Wildman–Crippen LogP) is 5.60. The first-order chi connectivity index (χ1) is 12.7. The molecular weight excluding hydrogens is 340 g/mol. The van der Waals surface area contributed by atoms with Gasteiger partial charge in [0.25, 0.3) is 0 Å². The highest BCUT2D eigenvalue weighted by molar-refractivity contribution is 5.77. The number of carboxylic acids is 2. The maximum Gasteiger partial charge on any atom is 0.309 e. The second-order valence-electron chi connectivity index (χ2n) is 10.4. The summed E-state index contributed by atoms with van der Waals surface area (Å²) >= 11 is 0. The first-order valence-corrected chi connectivity index (χ1v) is 11.2. The monoisotopic (exact) mass is 378 g/mol. The van der Waals surface area contributed by atoms with E-state index >= 15 is 0 Å². The van der Waals surface area contributed by atoms with Gasteiger partial charge in [-0.05, 0) is 81.0 Å². The molecule has 0 amide bonds. The molecule has 4 heteroatoms. The molecule has 0 bridgehead atoms. The van der Waals surface area contributed by atoms with Crippen molar-refractivity contribution < 1.29 is 19.8 Å². The van der Waals surface area contributed by atoms with E-state index in [9.17, 15) is 19.8 Å². The lowest BCUT2D eigenvalue weighted by atomic mass is 9.42. The van der Waals surface area contributed by atoms with Crippen LogP contribution in [0.2, 0.25) is 0 Å². The van der Waals surface area contributed by atoms with Gasteiger partial charge in [-0.25, -0.2) is 0 Å². The number of rotatable bonds is 4. The molecule has 4 nitrogen and oxygen atoms in total. The van der Waals surface area contributed by atoms with Crippen molar-refractivity contribution in [2.45, 2.75) is 91.4 Å². The summed E-state index contributed by atoms with van der Waals surface area (Å²) < 4.78 is 0. The highest BCUT2D eigenvalue weighted by atomic mass is 16.4. The summed E-state index contributed by atoms with van der Waals surface area (Å²) in [5, 5.41) is 20.2. The number of carboxylic acid groups (broad SMARTS) is 2. The Morgan fingerprint density at radius 2 is 1.22 bits per heavy atom. The zero-order valence-corrected chi connectivity index (χ0v) is 17.4. The van der Waals surface area contributed by atoms with Gasteiger partial charge in [-0.2, -0.15) is 0 Å². The van der Waals surface area contributed by atoms with Crippen LogP contribution in [0.25, 0.3) is 0 Å². The van der Waals surface area contributed by atoms with Crippen molar-refractivity contribution in [2.75, 3.05) is 0 Å². The van der Waals surface area contributed by atoms with E-state index < -0.39 is 17.4 Å². The van der Waals surface area contributed by atoms with Gasteiger partial charge in [0.1, 0.15) is 0 Å². The van der Waals surface area contributed by atoms with Crippen molar-refractivity contribution in [2.24, 2.45) is 40.4 Å². The van der Waals surface area contributed by atoms with Crippen LogP contribution in [-0.4, -0.2) is 22.2 Å². The summed E-state index contributed by atoms with van der Waals surface area (Å²) in [6, 6.07) is 0. The molecular formula is C23H38O4. The molecule has 3 fully saturated rings. The van der Waals surface area contributed by atoms with Gasteiger partial charge < -0.3 is 10.2 Å². The van der Waals surface area contributed by atoms with Gasteiger partial charge in [-0.3, -0.25) is 9.59 Å². The third kappa shape index (κ3) is 3.53. The fraction of sp³-hybridized carbons (Fsp3) is 0.913. The molecule has 3 rings (SSSR count). The third-order valence-electron chi connectivity index (χ3n) is 8.91. The van der Waals surface area contributed by atoms with Crippen molar-refractivity contribution in [1.29, 1.82) is 0 Å². The van der Waals surface area contributed by atoms with Crippen LogP contribution in [-0.2, 0) is 9.59 Å². The molecule has 154 valence electrons. The second-order valence-corrected chi connectivity index (χ2v) is 10.4. The molecule has 2 N–H and O–H groups in total. The zero-order valence-electron chi connectivity index (χ0n) is 17.4. The Balaban J connectivity index is 2.05. The van der Waals surface area contributed by atoms with E-state index in [0.717, 1.165) is 51.4 Å². The van der Waals surface area contributed by atoms with Crippen LogP contribution in [0.5, 0.6) is 0 Å². The minimum Gasteiger partial charge on any atom is -0.481 e. The zero-order chi connectivity index (χ0) is 19.8. The highest BCUT2D eigenvalue weighted by Crippen LogP contribution is 2.65. The minimum absolute atomic E-state index is 0.357. The molecule has 0 aromatic carbocycles. The summed E-state index contributed by atoms with van der Waals surface area (Å²) in [4.78, 5) is 24.6. The molecule has 0 heterocycles. The molecule has 3 saturated carbocycles. The summed E-state index contributed by atoms with van der Waals surface area (Å²) in [6.45, 7) is 6.55. The Bertz CT molecular complexity index is 533. The van der Waals surface area contributed by atoms with E-state index in [0.29, 0.717) is 42.9 Å². The Hall–Kier alpha value is -1.06. The van der Waals surface area contributed by atoms with E-state index in [-0.39, 0.29) is 11.3 Å². The molecule has 2 atom stereocenters. The van der Waals surface area contributed by atoms with Gasteiger partial charge in [0.05, 0.1) is 11.3 Å². The van der Waals surface area contributed by atoms with Gasteiger partial charge in [0, 0.05) is 0 Å². The maximum atomic E-state index is 12.6. The Morgan fingerprint density at radius 1 is 0.778 bits per heavy atom. The largest absolute Gasteiger partial charge is 0.481 e. The first-order valence-electron chi connectivity index (χ1n) is 11.2. The summed E-state index contributed by atoms with van der Waals surface area (Å²) in [5.74, 6) is 0.338. The number of carbonyl (C=O) groups is 2. The Morgan fingerprint density at radius 3 is 1.59 bits per heavy atom. The van der Waals surface area contributed by atoms with Crippen LogP contribution in [0.1, 0.15) is 91.4 Å². The second kappa shape index (κ2) is 7.75. The SMILES string of the molecule is CC1CCC(C2(C3CCC(C)CC3)CC(C(=O)O)CCC2(C)C(=O)O)CC1. The number of aliphatic carboxylic acids is 2. The molecule has 3 aliphatic rings. The molecule has 3 aliphatic carbocycles. The van der Waals surface area contributed by atoms with Crippen molar-refractivity contribution >= 4 is 11.9 Å². The van der Waals surface area contributed by atoms with Gasteiger partial charge >= 0.3 is 11.9 Å². The molecule has 2 unspecified atom stereocenters. The molecule has 27 heavy (non-hydrogen) atoms. The quantitative estimate of drug-likeness (QED) is 0.667. The van der Waals surface area contributed by atoms with E-state index in [4.69, 9.17) is 0 Å². The Labute approximate surface area is 164 Å². The van der Waals surface area contributed by atoms with E-state index in [2.05, 4.69) is 13.8 Å². The van der Waals surface area contributed by atoms with Gasteiger partial charge in [0.15, 0.2) is 0 Å². The molecule has 0 radical (unpaired) electrons. The third-order valence-corrected chi connectivity index (χ3v) is 8.91. The summed E-state index contributed by atoms with van der Waals surface area (Å²) in [7, 11) is 0. The highest BCUT2D eigenvalue weighted by Gasteiger charge is 2.63. The van der Waals surface area contributed by atoms with E-state index in [1.165, 1.54) is 0 Å². The van der Waals surface area contributed by atoms with Crippen molar-refractivity contribution in [3.05, 3.63) is 0 Å². The molecule has 0 aliphatic heterocycles. The van der Waals surface area contributed by atoms with Crippen LogP contribution in [0, 0.1) is 40.4 Å². The van der Waals surface area contributed by atoms with Gasteiger partial charge in [0.2, 0.25) is 0 Å². The molecule has 0 saturated heterocycles. The maximum absolute atomic E-state index is 12.6. The van der Waals surface area contributed by atoms with Crippen LogP contribution < -0.4 is 0 Å². The summed E-state index contributed by atoms with van der Waals surface area (Å²) in [5.41, 5.74) is -1.16. The normalized spacial score (nSPS) is 46.0. The van der Waals surface area contributed by atoms with Gasteiger partial charge in [-0.1, -0.05) is 39.5 Å². The average molecular weight is 379 g/mol. The van der Waals surface area contributed by atoms with Crippen LogP contribution in [0.4, 0.5) is 0 Å². The standard InChI is InChI=1S/C23H38O4/c1-15-4-8-18(9-5-15)23(19-10-6-16(2)7-11-19)14-17(20(24)25)12-13-22(23,3)21(26)27/h15-19H,4-14H2,1-3H3,(H,24,25)(H,26,27). The average Bonchev–Trinajstić information content (AvgIpc) is 2.63. The number of hydrogen-bond donors (Lipinski definition) is 2.